The summed E-state index contributed by atoms with van der Waals surface area (Å²) in [6, 6.07) is 11.2. The number of hydrogen-bond acceptors (Lipinski definition) is 6. The minimum Gasteiger partial charge on any atom is -0.507 e. The number of phenols is 1. The molecule has 142 valence electrons. The van der Waals surface area contributed by atoms with Crippen LogP contribution < -0.4 is 10.9 Å². The van der Waals surface area contributed by atoms with Gasteiger partial charge in [-0.3, -0.25) is 9.59 Å². The number of benzene rings is 2. The van der Waals surface area contributed by atoms with Crippen molar-refractivity contribution in [2.45, 2.75) is 6.92 Å². The molecule has 0 spiro atoms. The zero-order valence-electron chi connectivity index (χ0n) is 14.6. The van der Waals surface area contributed by atoms with Gasteiger partial charge in [0.05, 0.1) is 5.69 Å². The Morgan fingerprint density at radius 1 is 1.04 bits per heavy atom. The van der Waals surface area contributed by atoms with Gasteiger partial charge in [-0.1, -0.05) is 12.1 Å². The zero-order valence-corrected chi connectivity index (χ0v) is 14.6. The van der Waals surface area contributed by atoms with Crippen LogP contribution in [0.4, 0.5) is 5.69 Å². The van der Waals surface area contributed by atoms with E-state index in [-0.39, 0.29) is 5.69 Å². The van der Waals surface area contributed by atoms with Crippen LogP contribution in [-0.4, -0.2) is 37.0 Å². The molecular formula is C19H15N3O6. The average molecular weight is 381 g/mol. The summed E-state index contributed by atoms with van der Waals surface area (Å²) in [6.45, 7) is 1.83. The van der Waals surface area contributed by atoms with E-state index >= 15 is 0 Å². The van der Waals surface area contributed by atoms with Gasteiger partial charge in [0.2, 0.25) is 0 Å². The molecule has 9 nitrogen and oxygen atoms in total. The maximum Gasteiger partial charge on any atom is 0.339 e. The standard InChI is InChI=1S/C19H15N3O6/c1-10-3-2-4-12(7-10)22-16(25)9-15(24)17(21-22)18(26)20-11-5-6-14(23)13(8-11)19(27)28/h2-9,23-24H,1H3,(H,20,26)(H,27,28). The maximum atomic E-state index is 12.5. The third-order valence-electron chi connectivity index (χ3n) is 3.86. The Morgan fingerprint density at radius 2 is 1.79 bits per heavy atom. The molecular weight excluding hydrogens is 366 g/mol. The van der Waals surface area contributed by atoms with Crippen LogP contribution in [0.25, 0.3) is 5.69 Å². The number of aromatic hydroxyl groups is 2. The highest BCUT2D eigenvalue weighted by molar-refractivity contribution is 6.05. The second-order valence-corrected chi connectivity index (χ2v) is 5.96. The molecule has 0 aliphatic rings. The Morgan fingerprint density at radius 3 is 2.46 bits per heavy atom. The van der Waals surface area contributed by atoms with Gasteiger partial charge in [0.15, 0.2) is 11.4 Å². The van der Waals surface area contributed by atoms with Crippen molar-refractivity contribution >= 4 is 17.6 Å². The lowest BCUT2D eigenvalue weighted by molar-refractivity contribution is 0.0693. The van der Waals surface area contributed by atoms with Crippen molar-refractivity contribution in [3.05, 3.63) is 75.7 Å². The molecule has 1 amide bonds. The highest BCUT2D eigenvalue weighted by atomic mass is 16.4. The first kappa shape index (κ1) is 18.6. The van der Waals surface area contributed by atoms with E-state index in [1.807, 2.05) is 13.0 Å². The topological polar surface area (TPSA) is 142 Å². The van der Waals surface area contributed by atoms with Crippen molar-refractivity contribution in [3.8, 4) is 17.2 Å². The molecule has 0 unspecified atom stereocenters. The summed E-state index contributed by atoms with van der Waals surface area (Å²) in [7, 11) is 0. The summed E-state index contributed by atoms with van der Waals surface area (Å²) < 4.78 is 0.973. The van der Waals surface area contributed by atoms with Gasteiger partial charge >= 0.3 is 5.97 Å². The largest absolute Gasteiger partial charge is 0.507 e. The molecule has 3 rings (SSSR count). The number of aromatic nitrogens is 2. The number of aromatic carboxylic acids is 1. The fourth-order valence-corrected chi connectivity index (χ4v) is 2.53. The van der Waals surface area contributed by atoms with Gasteiger partial charge in [0.25, 0.3) is 11.5 Å². The molecule has 28 heavy (non-hydrogen) atoms. The Bertz CT molecular complexity index is 1150. The quantitative estimate of drug-likeness (QED) is 0.506. The number of carboxylic acid groups (broad SMARTS) is 1. The van der Waals surface area contributed by atoms with Crippen LogP contribution in [-0.2, 0) is 0 Å². The van der Waals surface area contributed by atoms with Gasteiger partial charge in [-0.05, 0) is 42.8 Å². The number of carbonyl (C=O) groups is 2. The second-order valence-electron chi connectivity index (χ2n) is 5.96. The molecule has 2 aromatic carbocycles. The second kappa shape index (κ2) is 7.23. The van der Waals surface area contributed by atoms with Crippen molar-refractivity contribution in [2.24, 2.45) is 0 Å². The van der Waals surface area contributed by atoms with E-state index in [2.05, 4.69) is 10.4 Å². The number of amides is 1. The van der Waals surface area contributed by atoms with Crippen LogP contribution in [0.1, 0.15) is 26.4 Å². The molecule has 9 heteroatoms. The van der Waals surface area contributed by atoms with Gasteiger partial charge < -0.3 is 20.6 Å². The van der Waals surface area contributed by atoms with Crippen LogP contribution in [0.3, 0.4) is 0 Å². The van der Waals surface area contributed by atoms with Crippen LogP contribution in [0.2, 0.25) is 0 Å². The molecule has 4 N–H and O–H groups in total. The van der Waals surface area contributed by atoms with E-state index in [4.69, 9.17) is 5.11 Å². The molecule has 0 radical (unpaired) electrons. The summed E-state index contributed by atoms with van der Waals surface area (Å²) in [5.74, 6) is -3.31. The van der Waals surface area contributed by atoms with E-state index in [1.165, 1.54) is 6.07 Å². The third-order valence-corrected chi connectivity index (χ3v) is 3.86. The maximum absolute atomic E-state index is 12.5. The molecule has 1 heterocycles. The Balaban J connectivity index is 1.98. The van der Waals surface area contributed by atoms with Gasteiger partial charge in [-0.15, -0.1) is 0 Å². The van der Waals surface area contributed by atoms with Crippen molar-refractivity contribution in [2.75, 3.05) is 5.32 Å². The molecule has 0 saturated heterocycles. The summed E-state index contributed by atoms with van der Waals surface area (Å²) in [6.07, 6.45) is 0. The lowest BCUT2D eigenvalue weighted by Gasteiger charge is -2.10. The minimum absolute atomic E-state index is 0.0645. The number of rotatable bonds is 4. The van der Waals surface area contributed by atoms with Crippen LogP contribution in [0.5, 0.6) is 11.5 Å². The highest BCUT2D eigenvalue weighted by Gasteiger charge is 2.18. The molecule has 0 fully saturated rings. The number of anilines is 1. The van der Waals surface area contributed by atoms with Gasteiger partial charge in [0, 0.05) is 11.8 Å². The number of aryl methyl sites for hydroxylation is 1. The normalized spacial score (nSPS) is 10.5. The SMILES string of the molecule is Cc1cccc(-n2nc(C(=O)Nc3ccc(O)c(C(=O)O)c3)c(O)cc2=O)c1. The molecule has 3 aromatic rings. The van der Waals surface area contributed by atoms with Crippen molar-refractivity contribution in [1.82, 2.24) is 9.78 Å². The molecule has 0 atom stereocenters. The summed E-state index contributed by atoms with van der Waals surface area (Å²) >= 11 is 0. The number of carbonyl (C=O) groups excluding carboxylic acids is 1. The van der Waals surface area contributed by atoms with Crippen LogP contribution in [0, 0.1) is 6.92 Å². The van der Waals surface area contributed by atoms with Crippen molar-refractivity contribution in [1.29, 1.82) is 0 Å². The van der Waals surface area contributed by atoms with Crippen molar-refractivity contribution in [3.63, 3.8) is 0 Å². The summed E-state index contributed by atoms with van der Waals surface area (Å²) in [5.41, 5.74) is -0.106. The fraction of sp³-hybridized carbons (Fsp3) is 0.0526. The Kier molecular flexibility index (Phi) is 4.82. The van der Waals surface area contributed by atoms with Gasteiger partial charge in [-0.25, -0.2) is 4.79 Å². The fourth-order valence-electron chi connectivity index (χ4n) is 2.53. The predicted octanol–water partition coefficient (Wildman–Crippen LogP) is 1.90. The highest BCUT2D eigenvalue weighted by Crippen LogP contribution is 2.22. The first-order valence-electron chi connectivity index (χ1n) is 8.04. The lowest BCUT2D eigenvalue weighted by Crippen LogP contribution is -2.25. The van der Waals surface area contributed by atoms with Gasteiger partial charge in [-0.2, -0.15) is 9.78 Å². The number of hydrogen-bond donors (Lipinski definition) is 4. The van der Waals surface area contributed by atoms with E-state index in [0.29, 0.717) is 5.69 Å². The van der Waals surface area contributed by atoms with Crippen LogP contribution in [0.15, 0.2) is 53.3 Å². The average Bonchev–Trinajstić information content (AvgIpc) is 2.63. The van der Waals surface area contributed by atoms with E-state index in [9.17, 15) is 24.6 Å². The molecule has 0 bridgehead atoms. The van der Waals surface area contributed by atoms with E-state index in [0.717, 1.165) is 28.4 Å². The number of carboxylic acids is 1. The molecule has 1 aromatic heterocycles. The Hall–Kier alpha value is -4.14. The smallest absolute Gasteiger partial charge is 0.339 e. The van der Waals surface area contributed by atoms with Crippen molar-refractivity contribution < 1.29 is 24.9 Å². The predicted molar refractivity (Wildman–Crippen MR) is 99.3 cm³/mol. The third kappa shape index (κ3) is 3.68. The van der Waals surface area contributed by atoms with Gasteiger partial charge in [0.1, 0.15) is 11.3 Å². The van der Waals surface area contributed by atoms with E-state index in [1.54, 1.807) is 18.2 Å². The first-order chi connectivity index (χ1) is 13.3. The van der Waals surface area contributed by atoms with E-state index < -0.39 is 40.2 Å². The molecule has 0 aliphatic heterocycles. The molecule has 0 saturated carbocycles. The number of nitrogens with one attached hydrogen (secondary N) is 1. The first-order valence-corrected chi connectivity index (χ1v) is 8.04. The monoisotopic (exact) mass is 381 g/mol. The summed E-state index contributed by atoms with van der Waals surface area (Å²) in [5, 5.41) is 34.9. The lowest BCUT2D eigenvalue weighted by atomic mass is 10.1. The Labute approximate surface area is 158 Å². The number of nitrogens with zero attached hydrogens (tertiary/aromatic N) is 2. The zero-order chi connectivity index (χ0) is 20.4. The minimum atomic E-state index is -1.37. The molecule has 0 aliphatic carbocycles. The van der Waals surface area contributed by atoms with Crippen LogP contribution >= 0.6 is 0 Å². The summed E-state index contributed by atoms with van der Waals surface area (Å²) in [4.78, 5) is 35.7.